The molecule has 2 rings (SSSR count). The molecule has 1 unspecified atom stereocenters. The van der Waals surface area contributed by atoms with Crippen LogP contribution in [0, 0.1) is 0 Å². The average Bonchev–Trinajstić information content (AvgIpc) is 2.58. The molecule has 0 aromatic heterocycles. The molecule has 15 heavy (non-hydrogen) atoms. The van der Waals surface area contributed by atoms with Gasteiger partial charge >= 0.3 is 0 Å². The van der Waals surface area contributed by atoms with Crippen LogP contribution in [0.15, 0.2) is 12.1 Å². The van der Waals surface area contributed by atoms with E-state index in [9.17, 15) is 0 Å². The lowest BCUT2D eigenvalue weighted by Gasteiger charge is -2.09. The summed E-state index contributed by atoms with van der Waals surface area (Å²) in [6, 6.07) is 3.79. The first-order valence-electron chi connectivity index (χ1n) is 4.44. The van der Waals surface area contributed by atoms with Crippen molar-refractivity contribution in [2.75, 3.05) is 13.7 Å². The Morgan fingerprint density at radius 2 is 2.33 bits per heavy atom. The summed E-state index contributed by atoms with van der Waals surface area (Å²) < 4.78 is 10.6. The van der Waals surface area contributed by atoms with Crippen LogP contribution in [0.5, 0.6) is 5.75 Å². The van der Waals surface area contributed by atoms with Crippen molar-refractivity contribution in [2.45, 2.75) is 12.7 Å². The van der Waals surface area contributed by atoms with E-state index in [-0.39, 0.29) is 18.5 Å². The van der Waals surface area contributed by atoms with Crippen LogP contribution in [-0.4, -0.2) is 13.7 Å². The van der Waals surface area contributed by atoms with Gasteiger partial charge in [0, 0.05) is 6.54 Å². The summed E-state index contributed by atoms with van der Waals surface area (Å²) in [6.07, 6.45) is -0.0200. The lowest BCUT2D eigenvalue weighted by Crippen LogP contribution is -2.10. The molecule has 0 spiro atoms. The lowest BCUT2D eigenvalue weighted by atomic mass is 10.1. The highest BCUT2D eigenvalue weighted by atomic mass is 35.5. The minimum atomic E-state index is -0.0200. The fourth-order valence-corrected chi connectivity index (χ4v) is 1.92. The number of hydrogen-bond acceptors (Lipinski definition) is 3. The Morgan fingerprint density at radius 3 is 2.93 bits per heavy atom. The van der Waals surface area contributed by atoms with Gasteiger partial charge in [-0.1, -0.05) is 11.6 Å². The van der Waals surface area contributed by atoms with Crippen LogP contribution in [0.4, 0.5) is 0 Å². The van der Waals surface area contributed by atoms with Crippen LogP contribution in [0.2, 0.25) is 5.02 Å². The van der Waals surface area contributed by atoms with E-state index in [0.717, 1.165) is 11.1 Å². The van der Waals surface area contributed by atoms with E-state index in [0.29, 0.717) is 23.9 Å². The Balaban J connectivity index is 0.00000112. The Bertz CT molecular complexity index is 358. The molecule has 1 aliphatic heterocycles. The van der Waals surface area contributed by atoms with Crippen molar-refractivity contribution in [3.05, 3.63) is 28.3 Å². The molecule has 1 aromatic carbocycles. The monoisotopic (exact) mass is 249 g/mol. The van der Waals surface area contributed by atoms with Gasteiger partial charge in [0.25, 0.3) is 0 Å². The molecule has 3 nitrogen and oxygen atoms in total. The van der Waals surface area contributed by atoms with Crippen LogP contribution in [0.1, 0.15) is 17.2 Å². The highest BCUT2D eigenvalue weighted by Gasteiger charge is 2.23. The van der Waals surface area contributed by atoms with Crippen molar-refractivity contribution < 1.29 is 9.47 Å². The molecule has 84 valence electrons. The molecule has 0 aliphatic carbocycles. The van der Waals surface area contributed by atoms with E-state index in [1.807, 2.05) is 12.1 Å². The second-order valence-electron chi connectivity index (χ2n) is 3.22. The van der Waals surface area contributed by atoms with Gasteiger partial charge in [-0.2, -0.15) is 0 Å². The number of halogens is 2. The summed E-state index contributed by atoms with van der Waals surface area (Å²) in [5.41, 5.74) is 7.76. The zero-order valence-electron chi connectivity index (χ0n) is 8.33. The molecule has 1 aromatic rings. The quantitative estimate of drug-likeness (QED) is 0.875. The molecule has 5 heteroatoms. The fraction of sp³-hybridized carbons (Fsp3) is 0.400. The molecule has 0 saturated carbocycles. The summed E-state index contributed by atoms with van der Waals surface area (Å²) in [7, 11) is 1.60. The van der Waals surface area contributed by atoms with E-state index in [4.69, 9.17) is 26.8 Å². The van der Waals surface area contributed by atoms with E-state index in [2.05, 4.69) is 0 Å². The number of nitrogens with two attached hydrogens (primary N) is 1. The second-order valence-corrected chi connectivity index (χ2v) is 3.63. The van der Waals surface area contributed by atoms with Crippen molar-refractivity contribution in [2.24, 2.45) is 5.73 Å². The number of methoxy groups -OCH3 is 1. The van der Waals surface area contributed by atoms with Gasteiger partial charge in [-0.15, -0.1) is 12.4 Å². The van der Waals surface area contributed by atoms with Crippen molar-refractivity contribution in [1.82, 2.24) is 0 Å². The normalized spacial score (nSPS) is 18.2. The molecule has 0 bridgehead atoms. The van der Waals surface area contributed by atoms with Crippen LogP contribution < -0.4 is 10.5 Å². The van der Waals surface area contributed by atoms with Gasteiger partial charge in [-0.25, -0.2) is 0 Å². The maximum Gasteiger partial charge on any atom is 0.137 e. The Hall–Kier alpha value is -0.480. The minimum Gasteiger partial charge on any atom is -0.495 e. The molecule has 1 aliphatic rings. The highest BCUT2D eigenvalue weighted by Crippen LogP contribution is 2.36. The number of ether oxygens (including phenoxy) is 2. The van der Waals surface area contributed by atoms with Crippen LogP contribution in [0.25, 0.3) is 0 Å². The third kappa shape index (κ3) is 2.21. The van der Waals surface area contributed by atoms with Crippen molar-refractivity contribution in [3.8, 4) is 5.75 Å². The van der Waals surface area contributed by atoms with Crippen LogP contribution in [-0.2, 0) is 11.3 Å². The maximum absolute atomic E-state index is 6.01. The molecular formula is C10H13Cl2NO2. The molecule has 0 saturated heterocycles. The van der Waals surface area contributed by atoms with E-state index in [1.165, 1.54) is 0 Å². The Kier molecular flexibility index (Phi) is 4.22. The third-order valence-corrected chi connectivity index (χ3v) is 2.71. The molecule has 0 radical (unpaired) electrons. The van der Waals surface area contributed by atoms with Gasteiger partial charge < -0.3 is 15.2 Å². The van der Waals surface area contributed by atoms with E-state index >= 15 is 0 Å². The SMILES string of the molecule is COc1cc2c(cc1Cl)C(CN)OC2.Cl. The molecule has 1 heterocycles. The maximum atomic E-state index is 6.01. The zero-order chi connectivity index (χ0) is 10.1. The number of hydrogen-bond donors (Lipinski definition) is 1. The third-order valence-electron chi connectivity index (χ3n) is 2.41. The summed E-state index contributed by atoms with van der Waals surface area (Å²) in [4.78, 5) is 0. The molecule has 1 atom stereocenters. The van der Waals surface area contributed by atoms with Gasteiger partial charge in [-0.3, -0.25) is 0 Å². The predicted octanol–water partition coefficient (Wildman–Crippen LogP) is 2.30. The van der Waals surface area contributed by atoms with Crippen molar-refractivity contribution >= 4 is 24.0 Å². The number of fused-ring (bicyclic) bond motifs is 1. The van der Waals surface area contributed by atoms with E-state index < -0.39 is 0 Å². The average molecular weight is 250 g/mol. The standard InChI is InChI=1S/C10H12ClNO2.ClH/c1-13-9-2-6-5-14-10(4-12)7(6)3-8(9)11;/h2-3,10H,4-5,12H2,1H3;1H. The molecule has 2 N–H and O–H groups in total. The van der Waals surface area contributed by atoms with Gasteiger partial charge in [-0.05, 0) is 23.3 Å². The van der Waals surface area contributed by atoms with Gasteiger partial charge in [0.2, 0.25) is 0 Å². The number of rotatable bonds is 2. The Labute approximate surface area is 99.9 Å². The van der Waals surface area contributed by atoms with Gasteiger partial charge in [0.15, 0.2) is 0 Å². The van der Waals surface area contributed by atoms with Crippen LogP contribution in [0.3, 0.4) is 0 Å². The fourth-order valence-electron chi connectivity index (χ4n) is 1.67. The lowest BCUT2D eigenvalue weighted by molar-refractivity contribution is 0.0723. The smallest absolute Gasteiger partial charge is 0.137 e. The zero-order valence-corrected chi connectivity index (χ0v) is 9.90. The van der Waals surface area contributed by atoms with Gasteiger partial charge in [0.1, 0.15) is 5.75 Å². The summed E-state index contributed by atoms with van der Waals surface area (Å²) in [5, 5.41) is 0.607. The largest absolute Gasteiger partial charge is 0.495 e. The first-order valence-corrected chi connectivity index (χ1v) is 4.82. The topological polar surface area (TPSA) is 44.5 Å². The molecular weight excluding hydrogens is 237 g/mol. The first kappa shape index (κ1) is 12.6. The second kappa shape index (κ2) is 5.03. The first-order chi connectivity index (χ1) is 6.76. The predicted molar refractivity (Wildman–Crippen MR) is 61.8 cm³/mol. The highest BCUT2D eigenvalue weighted by molar-refractivity contribution is 6.32. The Morgan fingerprint density at radius 1 is 1.60 bits per heavy atom. The van der Waals surface area contributed by atoms with E-state index in [1.54, 1.807) is 7.11 Å². The summed E-state index contributed by atoms with van der Waals surface area (Å²) >= 11 is 6.01. The molecule has 0 amide bonds. The van der Waals surface area contributed by atoms with Gasteiger partial charge in [0.05, 0.1) is 24.8 Å². The summed E-state index contributed by atoms with van der Waals surface area (Å²) in [5.74, 6) is 0.687. The van der Waals surface area contributed by atoms with Crippen molar-refractivity contribution in [3.63, 3.8) is 0 Å². The number of benzene rings is 1. The van der Waals surface area contributed by atoms with Crippen LogP contribution >= 0.6 is 24.0 Å². The molecule has 0 fully saturated rings. The summed E-state index contributed by atoms with van der Waals surface area (Å²) in [6.45, 7) is 1.07. The minimum absolute atomic E-state index is 0. The van der Waals surface area contributed by atoms with Crippen molar-refractivity contribution in [1.29, 1.82) is 0 Å².